The highest BCUT2D eigenvalue weighted by Gasteiger charge is 2.30. The van der Waals surface area contributed by atoms with Crippen molar-refractivity contribution >= 4 is 29.5 Å². The summed E-state index contributed by atoms with van der Waals surface area (Å²) >= 11 is 0. The molecule has 1 aliphatic rings. The van der Waals surface area contributed by atoms with E-state index in [4.69, 9.17) is 14.2 Å². The van der Waals surface area contributed by atoms with Crippen LogP contribution in [0.3, 0.4) is 0 Å². The number of nitrogens with one attached hydrogen (secondary N) is 2. The highest BCUT2D eigenvalue weighted by molar-refractivity contribution is 6.01. The summed E-state index contributed by atoms with van der Waals surface area (Å²) in [7, 11) is 1.51. The lowest BCUT2D eigenvalue weighted by molar-refractivity contribution is -0.145. The number of methoxy groups -OCH3 is 1. The molecule has 2 amide bonds. The first-order valence-electron chi connectivity index (χ1n) is 8.75. The van der Waals surface area contributed by atoms with Gasteiger partial charge in [-0.15, -0.1) is 0 Å². The largest absolute Gasteiger partial charge is 0.494 e. The van der Waals surface area contributed by atoms with Crippen molar-refractivity contribution in [3.05, 3.63) is 54.1 Å². The predicted octanol–water partition coefficient (Wildman–Crippen LogP) is 4.07. The third kappa shape index (κ3) is 4.62. The van der Waals surface area contributed by atoms with Crippen molar-refractivity contribution in [2.75, 3.05) is 24.4 Å². The summed E-state index contributed by atoms with van der Waals surface area (Å²) in [5.41, 5.74) is 1.19. The van der Waals surface area contributed by atoms with Crippen LogP contribution in [0.4, 0.5) is 16.2 Å². The smallest absolute Gasteiger partial charge is 0.323 e. The molecule has 3 rings (SSSR count). The molecule has 7 heteroatoms. The molecule has 2 aromatic carbocycles. The second-order valence-corrected chi connectivity index (χ2v) is 6.56. The van der Waals surface area contributed by atoms with Crippen molar-refractivity contribution < 1.29 is 23.8 Å². The van der Waals surface area contributed by atoms with Crippen molar-refractivity contribution in [2.45, 2.75) is 19.4 Å². The predicted molar refractivity (Wildman–Crippen MR) is 107 cm³/mol. The second kappa shape index (κ2) is 8.04. The van der Waals surface area contributed by atoms with E-state index in [1.165, 1.54) is 14.0 Å². The van der Waals surface area contributed by atoms with E-state index in [9.17, 15) is 9.59 Å². The van der Waals surface area contributed by atoms with Crippen LogP contribution < -0.4 is 20.1 Å². The number of hydrogen-bond acceptors (Lipinski definition) is 5. The van der Waals surface area contributed by atoms with E-state index in [1.807, 2.05) is 37.3 Å². The number of urea groups is 1. The average Bonchev–Trinajstić information content (AvgIpc) is 2.67. The van der Waals surface area contributed by atoms with Crippen LogP contribution in [0.5, 0.6) is 11.5 Å². The van der Waals surface area contributed by atoms with Crippen molar-refractivity contribution in [1.82, 2.24) is 0 Å². The summed E-state index contributed by atoms with van der Waals surface area (Å²) < 4.78 is 16.5. The minimum atomic E-state index is -0.774. The van der Waals surface area contributed by atoms with Gasteiger partial charge in [0.25, 0.3) is 0 Å². The number of carbonyl (C=O) groups excluding carboxylic acids is 2. The van der Waals surface area contributed by atoms with E-state index in [2.05, 4.69) is 10.6 Å². The molecule has 0 fully saturated rings. The Labute approximate surface area is 163 Å². The summed E-state index contributed by atoms with van der Waals surface area (Å²) in [5, 5.41) is 5.55. The summed E-state index contributed by atoms with van der Waals surface area (Å²) in [6.07, 6.45) is 3.68. The van der Waals surface area contributed by atoms with Gasteiger partial charge in [-0.25, -0.2) is 4.79 Å². The van der Waals surface area contributed by atoms with E-state index < -0.39 is 5.60 Å². The number of rotatable bonds is 5. The number of para-hydroxylation sites is 1. The highest BCUT2D eigenvalue weighted by atomic mass is 16.6. The Hall–Kier alpha value is -3.48. The van der Waals surface area contributed by atoms with Gasteiger partial charge in [-0.3, -0.25) is 4.79 Å². The first kappa shape index (κ1) is 19.3. The molecule has 0 spiro atoms. The van der Waals surface area contributed by atoms with Crippen LogP contribution >= 0.6 is 0 Å². The van der Waals surface area contributed by atoms with Crippen LogP contribution in [0, 0.1) is 0 Å². The van der Waals surface area contributed by atoms with Gasteiger partial charge < -0.3 is 24.8 Å². The van der Waals surface area contributed by atoms with Gasteiger partial charge in [0, 0.05) is 24.2 Å². The fraction of sp³-hybridized carbons (Fsp3) is 0.238. The Kier molecular flexibility index (Phi) is 5.54. The number of benzene rings is 2. The Balaban J connectivity index is 1.77. The highest BCUT2D eigenvalue weighted by Crippen LogP contribution is 2.38. The van der Waals surface area contributed by atoms with E-state index in [-0.39, 0.29) is 18.6 Å². The van der Waals surface area contributed by atoms with Crippen LogP contribution in [-0.4, -0.2) is 31.3 Å². The number of hydrogen-bond donors (Lipinski definition) is 2. The maximum absolute atomic E-state index is 12.3. The van der Waals surface area contributed by atoms with Gasteiger partial charge >= 0.3 is 12.0 Å². The SMILES string of the molecule is COc1cc2c(cc1NC(=O)Nc1ccccc1)C=CC(C)(COC(C)=O)O2. The van der Waals surface area contributed by atoms with Crippen molar-refractivity contribution in [3.8, 4) is 11.5 Å². The third-order valence-electron chi connectivity index (χ3n) is 4.13. The Morgan fingerprint density at radius 2 is 1.89 bits per heavy atom. The molecule has 0 bridgehead atoms. The van der Waals surface area contributed by atoms with Gasteiger partial charge in [0.1, 0.15) is 18.1 Å². The number of anilines is 2. The summed E-state index contributed by atoms with van der Waals surface area (Å²) in [6, 6.07) is 12.2. The maximum Gasteiger partial charge on any atom is 0.323 e. The van der Waals surface area contributed by atoms with E-state index in [1.54, 1.807) is 24.3 Å². The van der Waals surface area contributed by atoms with Crippen LogP contribution in [0.1, 0.15) is 19.4 Å². The lowest BCUT2D eigenvalue weighted by Crippen LogP contribution is -2.37. The van der Waals surface area contributed by atoms with Gasteiger partial charge in [0.15, 0.2) is 5.60 Å². The maximum atomic E-state index is 12.3. The summed E-state index contributed by atoms with van der Waals surface area (Å²) in [4.78, 5) is 23.4. The number of amides is 2. The molecular weight excluding hydrogens is 360 g/mol. The molecule has 1 heterocycles. The summed E-state index contributed by atoms with van der Waals surface area (Å²) in [5.74, 6) is 0.653. The van der Waals surface area contributed by atoms with Crippen LogP contribution in [0.15, 0.2) is 48.5 Å². The fourth-order valence-corrected chi connectivity index (χ4v) is 2.74. The molecule has 2 aromatic rings. The summed E-state index contributed by atoms with van der Waals surface area (Å²) in [6.45, 7) is 3.27. The molecule has 146 valence electrons. The number of esters is 1. The Morgan fingerprint density at radius 1 is 1.14 bits per heavy atom. The quantitative estimate of drug-likeness (QED) is 0.762. The van der Waals surface area contributed by atoms with E-state index in [0.29, 0.717) is 22.9 Å². The molecule has 0 saturated carbocycles. The van der Waals surface area contributed by atoms with Crippen LogP contribution in [0.25, 0.3) is 6.08 Å². The zero-order valence-electron chi connectivity index (χ0n) is 15.9. The Bertz CT molecular complexity index is 911. The lowest BCUT2D eigenvalue weighted by Gasteiger charge is -2.31. The monoisotopic (exact) mass is 382 g/mol. The molecule has 0 aliphatic carbocycles. The topological polar surface area (TPSA) is 85.9 Å². The van der Waals surface area contributed by atoms with Gasteiger partial charge in [-0.1, -0.05) is 24.3 Å². The van der Waals surface area contributed by atoms with Crippen molar-refractivity contribution in [3.63, 3.8) is 0 Å². The van der Waals surface area contributed by atoms with Crippen molar-refractivity contribution in [2.24, 2.45) is 0 Å². The Morgan fingerprint density at radius 3 is 2.57 bits per heavy atom. The third-order valence-corrected chi connectivity index (χ3v) is 4.13. The minimum Gasteiger partial charge on any atom is -0.494 e. The van der Waals surface area contributed by atoms with Crippen LogP contribution in [0.2, 0.25) is 0 Å². The zero-order valence-corrected chi connectivity index (χ0v) is 15.9. The normalized spacial score (nSPS) is 17.1. The van der Waals surface area contributed by atoms with Gasteiger partial charge in [0.05, 0.1) is 12.8 Å². The van der Waals surface area contributed by atoms with Gasteiger partial charge in [-0.2, -0.15) is 0 Å². The number of carbonyl (C=O) groups is 2. The van der Waals surface area contributed by atoms with Crippen molar-refractivity contribution in [1.29, 1.82) is 0 Å². The molecule has 28 heavy (non-hydrogen) atoms. The molecule has 1 unspecified atom stereocenters. The first-order valence-corrected chi connectivity index (χ1v) is 8.75. The standard InChI is InChI=1S/C21H22N2O5/c1-14(24)27-13-21(2)10-9-15-11-17(19(26-3)12-18(15)28-21)23-20(25)22-16-7-5-4-6-8-16/h4-12H,13H2,1-3H3,(H2,22,23,25). The number of ether oxygens (including phenoxy) is 3. The van der Waals surface area contributed by atoms with E-state index >= 15 is 0 Å². The lowest BCUT2D eigenvalue weighted by atomic mass is 10.0. The van der Waals surface area contributed by atoms with Gasteiger partial charge in [-0.05, 0) is 31.2 Å². The van der Waals surface area contributed by atoms with Gasteiger partial charge in [0.2, 0.25) is 0 Å². The minimum absolute atomic E-state index is 0.0973. The molecule has 0 radical (unpaired) electrons. The fourth-order valence-electron chi connectivity index (χ4n) is 2.74. The first-order chi connectivity index (χ1) is 13.4. The molecule has 7 nitrogen and oxygen atoms in total. The molecule has 1 aliphatic heterocycles. The van der Waals surface area contributed by atoms with E-state index in [0.717, 1.165) is 5.56 Å². The molecule has 0 aromatic heterocycles. The molecule has 1 atom stereocenters. The zero-order chi connectivity index (χ0) is 20.1. The van der Waals surface area contributed by atoms with Crippen LogP contribution in [-0.2, 0) is 9.53 Å². The molecule has 0 saturated heterocycles. The second-order valence-electron chi connectivity index (χ2n) is 6.56. The average molecular weight is 382 g/mol. The number of fused-ring (bicyclic) bond motifs is 1. The molecule has 2 N–H and O–H groups in total. The molecular formula is C21H22N2O5.